The number of hydrogen-bond donors (Lipinski definition) is 0. The van der Waals surface area contributed by atoms with Gasteiger partial charge in [-0.25, -0.2) is 0 Å². The third kappa shape index (κ3) is 4.25. The lowest BCUT2D eigenvalue weighted by molar-refractivity contribution is -0.324. The van der Waals surface area contributed by atoms with Crippen LogP contribution in [0.15, 0.2) is 114 Å². The Balaban J connectivity index is 1.29. The third-order valence-corrected chi connectivity index (χ3v) is 8.77. The lowest BCUT2D eigenvalue weighted by Gasteiger charge is -2.38. The molecule has 5 aromatic carbocycles. The van der Waals surface area contributed by atoms with Crippen LogP contribution in [-0.4, -0.2) is 22.9 Å². The summed E-state index contributed by atoms with van der Waals surface area (Å²) < 4.78 is 14.2. The van der Waals surface area contributed by atoms with Crippen LogP contribution in [0, 0.1) is 0 Å². The summed E-state index contributed by atoms with van der Waals surface area (Å²) >= 11 is 0. The molecule has 5 heteroatoms. The third-order valence-electron chi connectivity index (χ3n) is 8.77. The van der Waals surface area contributed by atoms with Gasteiger partial charge in [-0.15, -0.1) is 0 Å². The Morgan fingerprint density at radius 1 is 0.571 bits per heavy atom. The van der Waals surface area contributed by atoms with Gasteiger partial charge in [-0.05, 0) is 87.4 Å². The first kappa shape index (κ1) is 26.3. The van der Waals surface area contributed by atoms with Crippen LogP contribution < -0.4 is 4.89 Å². The average molecular weight is 556 g/mol. The second-order valence-electron chi connectivity index (χ2n) is 11.8. The van der Waals surface area contributed by atoms with Crippen molar-refractivity contribution in [1.29, 1.82) is 0 Å². The van der Waals surface area contributed by atoms with Gasteiger partial charge in [0.15, 0.2) is 5.75 Å². The number of rotatable bonds is 7. The molecule has 0 saturated carbocycles. The van der Waals surface area contributed by atoms with Gasteiger partial charge in [0.25, 0.3) is 0 Å². The molecule has 42 heavy (non-hydrogen) atoms. The quantitative estimate of drug-likeness (QED) is 0.145. The van der Waals surface area contributed by atoms with E-state index < -0.39 is 11.2 Å². The van der Waals surface area contributed by atoms with Gasteiger partial charge in [-0.2, -0.15) is 4.89 Å². The Hall–Kier alpha value is -4.58. The summed E-state index contributed by atoms with van der Waals surface area (Å²) in [6, 6.07) is 37.8. The fourth-order valence-electron chi connectivity index (χ4n) is 5.51. The molecule has 7 rings (SSSR count). The van der Waals surface area contributed by atoms with Gasteiger partial charge in [0.2, 0.25) is 0 Å². The van der Waals surface area contributed by atoms with E-state index in [2.05, 4.69) is 77.4 Å². The van der Waals surface area contributed by atoms with E-state index in [0.29, 0.717) is 5.75 Å². The first-order valence-corrected chi connectivity index (χ1v) is 14.2. The van der Waals surface area contributed by atoms with Gasteiger partial charge >= 0.3 is 0 Å². The number of methoxy groups -OCH3 is 1. The maximum absolute atomic E-state index is 6.23. The lowest BCUT2D eigenvalue weighted by atomic mass is 9.89. The van der Waals surface area contributed by atoms with Crippen LogP contribution in [0.25, 0.3) is 60.6 Å². The van der Waals surface area contributed by atoms with Gasteiger partial charge in [0.1, 0.15) is 16.8 Å². The van der Waals surface area contributed by atoms with Crippen molar-refractivity contribution in [2.24, 2.45) is 0 Å². The SMILES string of the molecule is COC(C)(C)C(C)(C)OOc1cccc(-c2ccc3c(c2)c2ccccc2n3-c2ccc3c(c2)oc2ccccc23)c1. The number of para-hydroxylation sites is 2. The molecule has 0 spiro atoms. The number of fused-ring (bicyclic) bond motifs is 6. The van der Waals surface area contributed by atoms with Gasteiger partial charge in [0.05, 0.1) is 16.6 Å². The Kier molecular flexibility index (Phi) is 6.12. The predicted molar refractivity (Wildman–Crippen MR) is 170 cm³/mol. The molecule has 0 saturated heterocycles. The minimum Gasteiger partial charge on any atom is -0.456 e. The van der Waals surface area contributed by atoms with Crippen LogP contribution in [0.1, 0.15) is 27.7 Å². The predicted octanol–water partition coefficient (Wildman–Crippen LogP) is 9.86. The monoisotopic (exact) mass is 555 g/mol. The molecule has 2 heterocycles. The maximum atomic E-state index is 6.23. The zero-order chi connectivity index (χ0) is 29.1. The molecule has 0 atom stereocenters. The van der Waals surface area contributed by atoms with E-state index in [-0.39, 0.29) is 0 Å². The summed E-state index contributed by atoms with van der Waals surface area (Å²) in [5.74, 6) is 0.633. The molecule has 7 aromatic rings. The molecule has 0 radical (unpaired) electrons. The molecule has 0 aliphatic carbocycles. The highest BCUT2D eigenvalue weighted by Gasteiger charge is 2.40. The van der Waals surface area contributed by atoms with Crippen LogP contribution in [0.4, 0.5) is 0 Å². The van der Waals surface area contributed by atoms with E-state index in [1.807, 2.05) is 64.1 Å². The molecule has 2 aromatic heterocycles. The van der Waals surface area contributed by atoms with Crippen LogP contribution in [0.2, 0.25) is 0 Å². The van der Waals surface area contributed by atoms with Crippen molar-refractivity contribution in [1.82, 2.24) is 4.57 Å². The van der Waals surface area contributed by atoms with Crippen molar-refractivity contribution in [2.45, 2.75) is 38.9 Å². The number of hydrogen-bond acceptors (Lipinski definition) is 4. The van der Waals surface area contributed by atoms with Crippen molar-refractivity contribution in [3.63, 3.8) is 0 Å². The minimum absolute atomic E-state index is 0.529. The molecule has 0 aliphatic rings. The number of furan rings is 1. The molecule has 0 N–H and O–H groups in total. The Morgan fingerprint density at radius 2 is 1.29 bits per heavy atom. The molecule has 0 unspecified atom stereocenters. The van der Waals surface area contributed by atoms with E-state index in [4.69, 9.17) is 18.9 Å². The molecule has 5 nitrogen and oxygen atoms in total. The number of ether oxygens (including phenoxy) is 1. The van der Waals surface area contributed by atoms with Gasteiger partial charge in [0, 0.05) is 40.4 Å². The summed E-state index contributed by atoms with van der Waals surface area (Å²) in [5.41, 5.74) is 6.08. The summed E-state index contributed by atoms with van der Waals surface area (Å²) in [6.45, 7) is 7.87. The summed E-state index contributed by atoms with van der Waals surface area (Å²) in [5, 5.41) is 4.63. The molecular weight excluding hydrogens is 522 g/mol. The Morgan fingerprint density at radius 3 is 2.12 bits per heavy atom. The molecule has 0 aliphatic heterocycles. The largest absolute Gasteiger partial charge is 0.456 e. The van der Waals surface area contributed by atoms with E-state index in [1.165, 1.54) is 10.8 Å². The minimum atomic E-state index is -0.663. The summed E-state index contributed by atoms with van der Waals surface area (Å²) in [7, 11) is 1.68. The van der Waals surface area contributed by atoms with Crippen molar-refractivity contribution in [2.75, 3.05) is 7.11 Å². The fraction of sp³-hybridized carbons (Fsp3) is 0.189. The number of benzene rings is 5. The Labute approximate surface area is 244 Å². The topological polar surface area (TPSA) is 45.8 Å². The molecule has 210 valence electrons. The highest BCUT2D eigenvalue weighted by atomic mass is 17.2. The highest BCUT2D eigenvalue weighted by Crippen LogP contribution is 2.38. The van der Waals surface area contributed by atoms with E-state index in [1.54, 1.807) is 7.11 Å². The van der Waals surface area contributed by atoms with E-state index in [0.717, 1.165) is 49.8 Å². The van der Waals surface area contributed by atoms with Gasteiger partial charge in [-0.3, -0.25) is 0 Å². The van der Waals surface area contributed by atoms with Crippen LogP contribution in [-0.2, 0) is 9.62 Å². The van der Waals surface area contributed by atoms with Crippen molar-refractivity contribution >= 4 is 43.7 Å². The van der Waals surface area contributed by atoms with Gasteiger partial charge in [-0.1, -0.05) is 54.6 Å². The molecule has 0 bridgehead atoms. The lowest BCUT2D eigenvalue weighted by Crippen LogP contribution is -2.49. The summed E-state index contributed by atoms with van der Waals surface area (Å²) in [4.78, 5) is 11.7. The molecule has 0 amide bonds. The molecular formula is C37H33NO4. The normalized spacial score (nSPS) is 12.6. The first-order chi connectivity index (χ1) is 20.3. The fourth-order valence-corrected chi connectivity index (χ4v) is 5.51. The summed E-state index contributed by atoms with van der Waals surface area (Å²) in [6.07, 6.45) is 0. The highest BCUT2D eigenvalue weighted by molar-refractivity contribution is 6.11. The maximum Gasteiger partial charge on any atom is 0.166 e. The second kappa shape index (κ2) is 9.76. The second-order valence-corrected chi connectivity index (χ2v) is 11.8. The van der Waals surface area contributed by atoms with E-state index >= 15 is 0 Å². The molecule has 0 fully saturated rings. The number of nitrogens with zero attached hydrogens (tertiary/aromatic N) is 1. The zero-order valence-corrected chi connectivity index (χ0v) is 24.5. The van der Waals surface area contributed by atoms with Crippen molar-refractivity contribution in [3.8, 4) is 22.6 Å². The standard InChI is InChI=1S/C37H33NO4/c1-36(2,39-5)37(3,4)42-41-27-12-10-11-24(21-27)25-17-20-33-31(22-25)28-13-6-8-15-32(28)38(33)26-18-19-30-29-14-7-9-16-34(29)40-35(30)23-26/h6-23H,1-5H3. The van der Waals surface area contributed by atoms with Crippen molar-refractivity contribution < 1.29 is 18.9 Å². The van der Waals surface area contributed by atoms with Crippen LogP contribution >= 0.6 is 0 Å². The Bertz CT molecular complexity index is 2100. The van der Waals surface area contributed by atoms with Crippen molar-refractivity contribution in [3.05, 3.63) is 109 Å². The average Bonchev–Trinajstić information content (AvgIpc) is 3.55. The zero-order valence-electron chi connectivity index (χ0n) is 24.5. The van der Waals surface area contributed by atoms with Crippen LogP contribution in [0.5, 0.6) is 5.75 Å². The van der Waals surface area contributed by atoms with Gasteiger partial charge < -0.3 is 18.6 Å². The first-order valence-electron chi connectivity index (χ1n) is 14.2. The van der Waals surface area contributed by atoms with E-state index in [9.17, 15) is 0 Å². The smallest absolute Gasteiger partial charge is 0.166 e. The number of aromatic nitrogens is 1. The van der Waals surface area contributed by atoms with Crippen LogP contribution in [0.3, 0.4) is 0 Å².